The summed E-state index contributed by atoms with van der Waals surface area (Å²) < 4.78 is 0. The van der Waals surface area contributed by atoms with Crippen molar-refractivity contribution < 1.29 is 24.0 Å². The lowest BCUT2D eigenvalue weighted by atomic mass is 9.71. The van der Waals surface area contributed by atoms with E-state index in [0.29, 0.717) is 16.7 Å². The molecule has 0 aliphatic carbocycles. The molecule has 8 nitrogen and oxygen atoms in total. The predicted molar refractivity (Wildman–Crippen MR) is 122 cm³/mol. The van der Waals surface area contributed by atoms with Crippen LogP contribution < -0.4 is 16.0 Å². The minimum Gasteiger partial charge on any atom is -0.348 e. The van der Waals surface area contributed by atoms with E-state index in [1.165, 1.54) is 6.07 Å². The Labute approximate surface area is 194 Å². The van der Waals surface area contributed by atoms with Gasteiger partial charge in [-0.1, -0.05) is 13.0 Å². The number of carbonyl (C=O) groups excluding carboxylic acids is 5. The minimum absolute atomic E-state index is 0.0468. The molecule has 1 atom stereocenters. The van der Waals surface area contributed by atoms with Gasteiger partial charge in [-0.2, -0.15) is 0 Å². The zero-order chi connectivity index (χ0) is 23.8. The van der Waals surface area contributed by atoms with Crippen LogP contribution in [0.1, 0.15) is 68.9 Å². The molecule has 33 heavy (non-hydrogen) atoms. The van der Waals surface area contributed by atoms with Crippen LogP contribution >= 0.6 is 11.8 Å². The quantitative estimate of drug-likeness (QED) is 0.445. The molecule has 0 spiro atoms. The number of rotatable bonds is 6. The lowest BCUT2D eigenvalue weighted by molar-refractivity contribution is -0.137. The van der Waals surface area contributed by atoms with E-state index in [9.17, 15) is 24.0 Å². The first kappa shape index (κ1) is 22.7. The average molecular weight is 466 g/mol. The molecule has 0 aromatic heterocycles. The maximum Gasteiger partial charge on any atom is 0.259 e. The van der Waals surface area contributed by atoms with Gasteiger partial charge in [0.05, 0.1) is 16.5 Å². The van der Waals surface area contributed by atoms with Gasteiger partial charge in [-0.3, -0.25) is 34.6 Å². The fourth-order valence-corrected chi connectivity index (χ4v) is 4.93. The maximum atomic E-state index is 12.9. The number of imide groups is 2. The number of fused-ring (bicyclic) bond motifs is 1. The number of benzene rings is 2. The standard InChI is InChI=1S/C24H23N3O5S/c1-3-33-15-7-4-13(5-8-15)20(29)25-12-14-6-9-16-18(22(31)27-21(16)30)19(14)24(2)11-10-17(28)26-23(24)32/h4-9H,3,10-12H2,1-2H3,(H,25,29)(H,26,28,32)(H,27,30,31)/t24-/m0/s1. The Balaban J connectivity index is 1.67. The van der Waals surface area contributed by atoms with Gasteiger partial charge in [0, 0.05) is 23.4 Å². The van der Waals surface area contributed by atoms with Crippen molar-refractivity contribution in [1.82, 2.24) is 16.0 Å². The Kier molecular flexibility index (Phi) is 6.07. The molecule has 2 aliphatic heterocycles. The van der Waals surface area contributed by atoms with E-state index in [2.05, 4.69) is 22.9 Å². The van der Waals surface area contributed by atoms with Crippen molar-refractivity contribution in [2.75, 3.05) is 5.75 Å². The van der Waals surface area contributed by atoms with Crippen LogP contribution in [0.4, 0.5) is 0 Å². The number of thioether (sulfide) groups is 1. The van der Waals surface area contributed by atoms with Crippen molar-refractivity contribution in [2.24, 2.45) is 0 Å². The van der Waals surface area contributed by atoms with Crippen LogP contribution in [-0.2, 0) is 21.5 Å². The molecule has 9 heteroatoms. The molecule has 4 rings (SSSR count). The Hall–Kier alpha value is -3.46. The van der Waals surface area contributed by atoms with Crippen molar-refractivity contribution in [2.45, 2.75) is 43.5 Å². The molecule has 1 saturated heterocycles. The van der Waals surface area contributed by atoms with E-state index in [1.54, 1.807) is 36.9 Å². The summed E-state index contributed by atoms with van der Waals surface area (Å²) in [5, 5.41) is 7.45. The molecule has 2 aromatic carbocycles. The first-order chi connectivity index (χ1) is 15.7. The molecule has 2 aromatic rings. The fourth-order valence-electron chi connectivity index (χ4n) is 4.27. The summed E-state index contributed by atoms with van der Waals surface area (Å²) in [7, 11) is 0. The Morgan fingerprint density at radius 2 is 1.76 bits per heavy atom. The Morgan fingerprint density at radius 3 is 2.42 bits per heavy atom. The highest BCUT2D eigenvalue weighted by molar-refractivity contribution is 7.99. The topological polar surface area (TPSA) is 121 Å². The Morgan fingerprint density at radius 1 is 1.03 bits per heavy atom. The molecule has 0 bridgehead atoms. The zero-order valence-electron chi connectivity index (χ0n) is 18.2. The summed E-state index contributed by atoms with van der Waals surface area (Å²) in [5.41, 5.74) is 0.485. The highest BCUT2D eigenvalue weighted by Crippen LogP contribution is 2.39. The number of hydrogen-bond acceptors (Lipinski definition) is 6. The first-order valence-corrected chi connectivity index (χ1v) is 11.6. The smallest absolute Gasteiger partial charge is 0.259 e. The molecule has 0 unspecified atom stereocenters. The van der Waals surface area contributed by atoms with Gasteiger partial charge in [-0.05, 0) is 60.6 Å². The molecule has 5 amide bonds. The lowest BCUT2D eigenvalue weighted by Crippen LogP contribution is -2.51. The highest BCUT2D eigenvalue weighted by atomic mass is 32.2. The van der Waals surface area contributed by atoms with Crippen molar-refractivity contribution >= 4 is 41.3 Å². The van der Waals surface area contributed by atoms with Gasteiger partial charge in [0.1, 0.15) is 0 Å². The fraction of sp³-hybridized carbons (Fsp3) is 0.292. The monoisotopic (exact) mass is 465 g/mol. The van der Waals surface area contributed by atoms with Crippen molar-refractivity contribution in [1.29, 1.82) is 0 Å². The molecular formula is C24H23N3O5S. The van der Waals surface area contributed by atoms with E-state index in [1.807, 2.05) is 12.1 Å². The second kappa shape index (κ2) is 8.82. The molecule has 3 N–H and O–H groups in total. The van der Waals surface area contributed by atoms with Gasteiger partial charge in [0.2, 0.25) is 11.8 Å². The van der Waals surface area contributed by atoms with E-state index in [0.717, 1.165) is 10.6 Å². The molecule has 0 radical (unpaired) electrons. The number of piperidine rings is 1. The first-order valence-electron chi connectivity index (χ1n) is 10.6. The third-order valence-corrected chi connectivity index (χ3v) is 6.91. The molecule has 2 aliphatic rings. The van der Waals surface area contributed by atoms with Crippen LogP contribution in [0.2, 0.25) is 0 Å². The largest absolute Gasteiger partial charge is 0.348 e. The maximum absolute atomic E-state index is 12.9. The van der Waals surface area contributed by atoms with Gasteiger partial charge in [0.15, 0.2) is 0 Å². The summed E-state index contributed by atoms with van der Waals surface area (Å²) in [6.45, 7) is 3.75. The summed E-state index contributed by atoms with van der Waals surface area (Å²) in [4.78, 5) is 63.3. The van der Waals surface area contributed by atoms with E-state index in [4.69, 9.17) is 0 Å². The highest BCUT2D eigenvalue weighted by Gasteiger charge is 2.46. The van der Waals surface area contributed by atoms with Crippen LogP contribution in [0, 0.1) is 0 Å². The van der Waals surface area contributed by atoms with Crippen LogP contribution in [0.3, 0.4) is 0 Å². The molecule has 2 heterocycles. The minimum atomic E-state index is -1.21. The van der Waals surface area contributed by atoms with Crippen molar-refractivity contribution in [3.8, 4) is 0 Å². The zero-order valence-corrected chi connectivity index (χ0v) is 19.1. The second-order valence-electron chi connectivity index (χ2n) is 8.15. The number of nitrogens with one attached hydrogen (secondary N) is 3. The molecular weight excluding hydrogens is 442 g/mol. The van der Waals surface area contributed by atoms with Gasteiger partial charge in [-0.25, -0.2) is 0 Å². The van der Waals surface area contributed by atoms with Gasteiger partial charge < -0.3 is 5.32 Å². The van der Waals surface area contributed by atoms with Crippen molar-refractivity contribution in [3.63, 3.8) is 0 Å². The summed E-state index contributed by atoms with van der Waals surface area (Å²) in [5.74, 6) is -1.41. The van der Waals surface area contributed by atoms with Crippen LogP contribution in [0.25, 0.3) is 0 Å². The van der Waals surface area contributed by atoms with Crippen LogP contribution in [0.15, 0.2) is 41.3 Å². The van der Waals surface area contributed by atoms with E-state index in [-0.39, 0.29) is 42.3 Å². The van der Waals surface area contributed by atoms with Crippen LogP contribution in [-0.4, -0.2) is 35.3 Å². The number of carbonyl (C=O) groups is 5. The number of amides is 5. The van der Waals surface area contributed by atoms with Gasteiger partial charge in [-0.15, -0.1) is 11.8 Å². The Bertz CT molecular complexity index is 1190. The third-order valence-electron chi connectivity index (χ3n) is 6.02. The average Bonchev–Trinajstić information content (AvgIpc) is 3.08. The lowest BCUT2D eigenvalue weighted by Gasteiger charge is -2.34. The SMILES string of the molecule is CCSc1ccc(C(=O)NCc2ccc3c(c2[C@]2(C)CCC(=O)NC2=O)C(=O)NC3=O)cc1. The second-order valence-corrected chi connectivity index (χ2v) is 9.49. The number of hydrogen-bond donors (Lipinski definition) is 3. The van der Waals surface area contributed by atoms with Gasteiger partial charge in [0.25, 0.3) is 17.7 Å². The van der Waals surface area contributed by atoms with Crippen molar-refractivity contribution in [3.05, 3.63) is 64.2 Å². The third kappa shape index (κ3) is 4.16. The normalized spacial score (nSPS) is 19.7. The van der Waals surface area contributed by atoms with Gasteiger partial charge >= 0.3 is 0 Å². The molecule has 0 saturated carbocycles. The summed E-state index contributed by atoms with van der Waals surface area (Å²) >= 11 is 1.68. The summed E-state index contributed by atoms with van der Waals surface area (Å²) in [6, 6.07) is 10.4. The van der Waals surface area contributed by atoms with E-state index >= 15 is 0 Å². The van der Waals surface area contributed by atoms with E-state index < -0.39 is 23.1 Å². The predicted octanol–water partition coefficient (Wildman–Crippen LogP) is 2.31. The molecule has 170 valence electrons. The van der Waals surface area contributed by atoms with Crippen LogP contribution in [0.5, 0.6) is 0 Å². The summed E-state index contributed by atoms with van der Waals surface area (Å²) in [6.07, 6.45) is 0.294. The molecule has 1 fully saturated rings.